The molecule has 1 aromatic rings. The molecule has 0 aromatic heterocycles. The zero-order chi connectivity index (χ0) is 68.5. The molecular weight excluding hydrogens is 1320 g/mol. The standard InChI is InChI=1S/C26H40N2O7.C26H38N2O7.C13H13IO8/c2*1-6-34-23(32)26-15-18(26)13-11-9-7-8-10-12-17(2)21(30)27-16-19(29)14-20(27)22(31)28(26)24(33)35-25(3,4)5;1-8(15)19-14(20-9(2)16,21-10(3)17)12-7-5-4-6-11(12)13(18)22-14/h11,13,17-20,29H,6-10,12,14-16H2,1-5H3;11,13,17-18,20H,6-10,12,14-16H2,1-5H3;4-7H,1-3H3/b2*13-11-;/t17-,18+,19+,20-,26+;17-,18+,20-,26+;/m00./s1. The van der Waals surface area contributed by atoms with Crippen molar-refractivity contribution in [3.63, 3.8) is 0 Å². The molecule has 8 rings (SSSR count). The molecule has 1 aromatic carbocycles. The van der Waals surface area contributed by atoms with Crippen LogP contribution in [0.1, 0.15) is 190 Å². The fourth-order valence-corrected chi connectivity index (χ4v) is 19.7. The molecule has 0 radical (unpaired) electrons. The van der Waals surface area contributed by atoms with Gasteiger partial charge in [-0.05, 0) is 107 Å². The van der Waals surface area contributed by atoms with E-state index in [0.717, 1.165) is 81.9 Å². The van der Waals surface area contributed by atoms with Crippen molar-refractivity contribution in [3.8, 4) is 0 Å². The Balaban J connectivity index is 0.000000225. The number of rotatable bonds is 7. The molecule has 5 heterocycles. The number of amides is 6. The summed E-state index contributed by atoms with van der Waals surface area (Å²) in [6.45, 7) is 20.1. The number of imide groups is 2. The first kappa shape index (κ1) is 73.7. The first-order valence-corrected chi connectivity index (χ1v) is 36.1. The van der Waals surface area contributed by atoms with E-state index in [0.29, 0.717) is 12.8 Å². The summed E-state index contributed by atoms with van der Waals surface area (Å²) in [4.78, 5) is 172. The second kappa shape index (κ2) is 29.8. The maximum absolute atomic E-state index is 14.0. The molecule has 0 spiro atoms. The van der Waals surface area contributed by atoms with Crippen LogP contribution in [0.4, 0.5) is 9.59 Å². The van der Waals surface area contributed by atoms with Crippen molar-refractivity contribution in [2.75, 3.05) is 26.3 Å². The molecule has 0 bridgehead atoms. The van der Waals surface area contributed by atoms with E-state index in [2.05, 4.69) is 0 Å². The molecule has 7 aliphatic rings. The number of carbonyl (C=O) groups excluding carboxylic acids is 13. The van der Waals surface area contributed by atoms with Gasteiger partial charge in [0, 0.05) is 43.1 Å². The topological polar surface area (TPSA) is 329 Å². The average molecular weight is 1410 g/mol. The van der Waals surface area contributed by atoms with E-state index in [9.17, 15) is 67.4 Å². The molecule has 4 fully saturated rings. The number of aliphatic hydroxyl groups is 1. The molecule has 9 atom stereocenters. The minimum Gasteiger partial charge on any atom is -0.464 e. The first-order valence-electron chi connectivity index (χ1n) is 31.5. The Hall–Kier alpha value is -7.30. The van der Waals surface area contributed by atoms with Crippen LogP contribution in [0, 0.1) is 27.2 Å². The van der Waals surface area contributed by atoms with Crippen LogP contribution in [-0.2, 0) is 79.2 Å². The van der Waals surface area contributed by atoms with Gasteiger partial charge in [-0.2, -0.15) is 0 Å². The summed E-state index contributed by atoms with van der Waals surface area (Å²) in [5, 5.41) is 10.4. The fraction of sp³-hybridized carbons (Fsp3) is 0.646. The van der Waals surface area contributed by atoms with E-state index in [-0.39, 0.29) is 90.6 Å². The predicted octanol–water partition coefficient (Wildman–Crippen LogP) is 8.54. The third-order valence-corrected chi connectivity index (χ3v) is 24.3. The number of allylic oxidation sites excluding steroid dienone is 2. The molecule has 26 nitrogen and oxygen atoms in total. The number of carbonyl (C=O) groups is 13. The summed E-state index contributed by atoms with van der Waals surface area (Å²) >= 11 is -6.03. The van der Waals surface area contributed by atoms with E-state index in [1.165, 1.54) is 28.0 Å². The van der Waals surface area contributed by atoms with Crippen LogP contribution in [0.25, 0.3) is 0 Å². The maximum atomic E-state index is 14.0. The number of halogens is 1. The van der Waals surface area contributed by atoms with Gasteiger partial charge in [-0.1, -0.05) is 63.8 Å². The van der Waals surface area contributed by atoms with Crippen LogP contribution in [0.15, 0.2) is 48.6 Å². The Kier molecular flexibility index (Phi) is 23.9. The molecule has 0 unspecified atom stereocenters. The van der Waals surface area contributed by atoms with Crippen LogP contribution in [0.2, 0.25) is 0 Å². The zero-order valence-electron chi connectivity index (χ0n) is 55.1. The number of ketones is 1. The van der Waals surface area contributed by atoms with Crippen molar-refractivity contribution in [1.82, 2.24) is 19.6 Å². The van der Waals surface area contributed by atoms with Crippen molar-refractivity contribution in [1.29, 1.82) is 0 Å². The maximum Gasteiger partial charge on any atom is 0.418 e. The molecule has 2 aliphatic carbocycles. The van der Waals surface area contributed by atoms with Crippen LogP contribution in [-0.4, -0.2) is 169 Å². The third-order valence-electron chi connectivity index (χ3n) is 16.1. The Labute approximate surface area is 539 Å². The van der Waals surface area contributed by atoms with Gasteiger partial charge in [-0.15, -0.1) is 0 Å². The van der Waals surface area contributed by atoms with E-state index < -0.39 is 131 Å². The second-order valence-electron chi connectivity index (χ2n) is 26.0. The molecule has 5 aliphatic heterocycles. The van der Waals surface area contributed by atoms with E-state index in [4.69, 9.17) is 31.2 Å². The molecule has 510 valence electrons. The van der Waals surface area contributed by atoms with Crippen molar-refractivity contribution in [3.05, 3.63) is 57.7 Å². The van der Waals surface area contributed by atoms with Gasteiger partial charge in [0.15, 0.2) is 16.9 Å². The average Bonchev–Trinajstić information content (AvgIpc) is 1.54. The van der Waals surface area contributed by atoms with Gasteiger partial charge < -0.3 is 33.9 Å². The SMILES string of the molecule is CC(=O)OI1(OC(C)=O)(OC(C)=O)OC(=O)c2ccccc21.CCOC(=O)[C@@]12C[C@H]1/C=C\CCCCC[C@H](C)C(=O)N1CC(=O)C[C@H]1C(=O)N2C(=O)OC(C)(C)C.CCOC(=O)[C@@]12C[C@H]1/C=C\CCCCC[C@H](C)C(=O)N1C[C@H](O)C[C@H]1C(=O)N2C(=O)OC(C)(C)C. The van der Waals surface area contributed by atoms with Gasteiger partial charge in [0.25, 0.3) is 11.8 Å². The number of fused-ring (bicyclic) bond motifs is 5. The number of ether oxygens (including phenoxy) is 4. The predicted molar refractivity (Wildman–Crippen MR) is 335 cm³/mol. The number of aliphatic hydroxyl groups excluding tert-OH is 1. The van der Waals surface area contributed by atoms with Crippen LogP contribution in [0.5, 0.6) is 0 Å². The van der Waals surface area contributed by atoms with Crippen molar-refractivity contribution in [2.24, 2.45) is 23.7 Å². The Bertz CT molecular complexity index is 3060. The summed E-state index contributed by atoms with van der Waals surface area (Å²) < 4.78 is 42.3. The smallest absolute Gasteiger partial charge is 0.418 e. The van der Waals surface area contributed by atoms with Crippen LogP contribution in [0.3, 0.4) is 0 Å². The molecule has 2 saturated heterocycles. The Morgan fingerprint density at radius 1 is 0.609 bits per heavy atom. The molecule has 92 heavy (non-hydrogen) atoms. The number of benzene rings is 1. The fourth-order valence-electron chi connectivity index (χ4n) is 11.9. The molecule has 27 heteroatoms. The largest absolute Gasteiger partial charge is 0.464 e. The third kappa shape index (κ3) is 16.7. The van der Waals surface area contributed by atoms with Gasteiger partial charge in [-0.3, -0.25) is 24.0 Å². The summed E-state index contributed by atoms with van der Waals surface area (Å²) in [6.07, 6.45) is 13.6. The van der Waals surface area contributed by atoms with Crippen molar-refractivity contribution >= 4 is 96.1 Å². The quantitative estimate of drug-likeness (QED) is 0.116. The van der Waals surface area contributed by atoms with Gasteiger partial charge in [0.05, 0.1) is 25.9 Å². The monoisotopic (exact) mass is 1410 g/mol. The van der Waals surface area contributed by atoms with Gasteiger partial charge in [-0.25, -0.2) is 29.0 Å². The molecule has 1 N–H and O–H groups in total. The number of hydrogen-bond acceptors (Lipinski definition) is 22. The van der Waals surface area contributed by atoms with E-state index >= 15 is 0 Å². The summed E-state index contributed by atoms with van der Waals surface area (Å²) in [6, 6.07) is 3.59. The normalized spacial score (nSPS) is 29.0. The van der Waals surface area contributed by atoms with Crippen molar-refractivity contribution in [2.45, 2.75) is 220 Å². The first-order chi connectivity index (χ1) is 43.0. The minimum absolute atomic E-state index is 0.00397. The van der Waals surface area contributed by atoms with Gasteiger partial charge in [0.1, 0.15) is 23.3 Å². The number of Topliss-reactive ketones (excluding diaryl/α,β-unsaturated/α-hetero) is 1. The van der Waals surface area contributed by atoms with E-state index in [1.807, 2.05) is 31.2 Å². The molecule has 6 amide bonds. The molecular formula is C65H91IN4O22. The summed E-state index contributed by atoms with van der Waals surface area (Å²) in [5.41, 5.74) is -4.91. The molecule has 2 saturated carbocycles. The van der Waals surface area contributed by atoms with Gasteiger partial charge >= 0.3 is 152 Å². The number of hydrogen-bond donors (Lipinski definition) is 1. The number of esters is 2. The van der Waals surface area contributed by atoms with Crippen LogP contribution < -0.4 is 0 Å². The minimum atomic E-state index is -6.03. The Morgan fingerprint density at radius 3 is 1.48 bits per heavy atom. The van der Waals surface area contributed by atoms with Crippen LogP contribution >= 0.6 is 18.7 Å². The van der Waals surface area contributed by atoms with Crippen molar-refractivity contribution < 1.29 is 98.6 Å². The Morgan fingerprint density at radius 2 is 1.04 bits per heavy atom. The van der Waals surface area contributed by atoms with E-state index in [1.54, 1.807) is 68.4 Å². The summed E-state index contributed by atoms with van der Waals surface area (Å²) in [7, 11) is 0. The van der Waals surface area contributed by atoms with Gasteiger partial charge in [0.2, 0.25) is 11.8 Å². The number of nitrogens with zero attached hydrogens (tertiary/aromatic N) is 4. The summed E-state index contributed by atoms with van der Waals surface area (Å²) in [5.74, 6) is -8.77. The zero-order valence-corrected chi connectivity index (χ0v) is 57.2. The second-order valence-corrected chi connectivity index (χ2v) is 32.9.